The first-order chi connectivity index (χ1) is 11.6. The molecule has 1 N–H and O–H groups in total. The second-order valence-corrected chi connectivity index (χ2v) is 7.55. The van der Waals surface area contributed by atoms with E-state index in [0.717, 1.165) is 12.8 Å². The third-order valence-corrected chi connectivity index (χ3v) is 5.28. The van der Waals surface area contributed by atoms with Crippen LogP contribution in [0.4, 0.5) is 5.82 Å². The molecule has 1 atom stereocenters. The Morgan fingerprint density at radius 3 is 2.88 bits per heavy atom. The van der Waals surface area contributed by atoms with Gasteiger partial charge in [0, 0.05) is 6.20 Å². The number of hydrogen-bond acceptors (Lipinski definition) is 6. The topological polar surface area (TPSA) is 85.6 Å². The first-order valence-electron chi connectivity index (χ1n) is 8.00. The average molecular weight is 367 g/mol. The monoisotopic (exact) mass is 366 g/mol. The van der Waals surface area contributed by atoms with Gasteiger partial charge in [-0.3, -0.25) is 4.79 Å². The van der Waals surface area contributed by atoms with Gasteiger partial charge in [0.05, 0.1) is 16.3 Å². The summed E-state index contributed by atoms with van der Waals surface area (Å²) in [5.74, 6) is 0.330. The van der Waals surface area contributed by atoms with Gasteiger partial charge in [0.25, 0.3) is 0 Å². The number of pyridine rings is 1. The van der Waals surface area contributed by atoms with Crippen molar-refractivity contribution >= 4 is 35.1 Å². The molecule has 1 amide bonds. The lowest BCUT2D eigenvalue weighted by Crippen LogP contribution is -2.24. The van der Waals surface area contributed by atoms with Crippen LogP contribution >= 0.6 is 23.4 Å². The Morgan fingerprint density at radius 2 is 2.17 bits per heavy atom. The third kappa shape index (κ3) is 4.24. The fourth-order valence-corrected chi connectivity index (χ4v) is 3.68. The van der Waals surface area contributed by atoms with Crippen molar-refractivity contribution in [2.75, 3.05) is 5.32 Å². The first kappa shape index (κ1) is 17.2. The van der Waals surface area contributed by atoms with Crippen molar-refractivity contribution in [3.8, 4) is 0 Å². The number of anilines is 1. The molecule has 128 valence electrons. The zero-order valence-electron chi connectivity index (χ0n) is 13.4. The van der Waals surface area contributed by atoms with Gasteiger partial charge in [0.1, 0.15) is 5.82 Å². The lowest BCUT2D eigenvalue weighted by Gasteiger charge is -2.22. The molecule has 0 aromatic carbocycles. The van der Waals surface area contributed by atoms with Crippen molar-refractivity contribution in [1.29, 1.82) is 0 Å². The molecule has 0 aliphatic heterocycles. The van der Waals surface area contributed by atoms with Crippen LogP contribution in [0.15, 0.2) is 23.5 Å². The molecular weight excluding hydrogens is 348 g/mol. The van der Waals surface area contributed by atoms with Crippen LogP contribution in [0.25, 0.3) is 0 Å². The summed E-state index contributed by atoms with van der Waals surface area (Å²) in [5.41, 5.74) is 0. The highest BCUT2D eigenvalue weighted by molar-refractivity contribution is 8.00. The highest BCUT2D eigenvalue weighted by Gasteiger charge is 2.24. The molecule has 7 nitrogen and oxygen atoms in total. The number of amides is 1. The first-order valence-corrected chi connectivity index (χ1v) is 9.26. The normalized spacial score (nSPS) is 16.8. The molecule has 0 bridgehead atoms. The largest absolute Gasteiger partial charge is 0.310 e. The Hall–Kier alpha value is -1.67. The Kier molecular flexibility index (Phi) is 5.68. The SMILES string of the molecule is C[C@H](Sc1nnnn1C1CCCCC1)C(=O)Nc1ccc(Cl)cn1. The Balaban J connectivity index is 1.62. The molecule has 1 aliphatic carbocycles. The van der Waals surface area contributed by atoms with E-state index in [9.17, 15) is 4.79 Å². The number of halogens is 1. The highest BCUT2D eigenvalue weighted by Crippen LogP contribution is 2.31. The predicted molar refractivity (Wildman–Crippen MR) is 93.1 cm³/mol. The van der Waals surface area contributed by atoms with Gasteiger partial charge in [-0.15, -0.1) is 5.10 Å². The minimum Gasteiger partial charge on any atom is -0.310 e. The number of carbonyl (C=O) groups is 1. The average Bonchev–Trinajstić information content (AvgIpc) is 3.05. The number of carbonyl (C=O) groups excluding carboxylic acids is 1. The number of tetrazole rings is 1. The molecule has 2 heterocycles. The van der Waals surface area contributed by atoms with E-state index in [2.05, 4.69) is 25.8 Å². The standard InChI is InChI=1S/C15H19ClN6OS/c1-10(14(23)18-13-8-7-11(16)9-17-13)24-15-19-20-21-22(15)12-5-3-2-4-6-12/h7-10,12H,2-6H2,1H3,(H,17,18,23)/t10-/m0/s1. The van der Waals surface area contributed by atoms with Crippen molar-refractivity contribution in [3.63, 3.8) is 0 Å². The summed E-state index contributed by atoms with van der Waals surface area (Å²) in [7, 11) is 0. The summed E-state index contributed by atoms with van der Waals surface area (Å²) in [6, 6.07) is 3.69. The van der Waals surface area contributed by atoms with E-state index in [1.54, 1.807) is 12.1 Å². The maximum absolute atomic E-state index is 12.3. The number of nitrogens with one attached hydrogen (secondary N) is 1. The van der Waals surface area contributed by atoms with Crippen LogP contribution < -0.4 is 5.32 Å². The van der Waals surface area contributed by atoms with Gasteiger partial charge in [-0.25, -0.2) is 9.67 Å². The van der Waals surface area contributed by atoms with Gasteiger partial charge in [-0.2, -0.15) is 0 Å². The molecule has 24 heavy (non-hydrogen) atoms. The van der Waals surface area contributed by atoms with Crippen molar-refractivity contribution in [3.05, 3.63) is 23.4 Å². The number of hydrogen-bond donors (Lipinski definition) is 1. The summed E-state index contributed by atoms with van der Waals surface area (Å²) in [4.78, 5) is 16.4. The third-order valence-electron chi connectivity index (χ3n) is 4.01. The van der Waals surface area contributed by atoms with E-state index in [-0.39, 0.29) is 11.2 Å². The van der Waals surface area contributed by atoms with Crippen LogP contribution in [0.2, 0.25) is 5.02 Å². The van der Waals surface area contributed by atoms with Crippen molar-refractivity contribution in [1.82, 2.24) is 25.2 Å². The van der Waals surface area contributed by atoms with Crippen LogP contribution in [-0.4, -0.2) is 36.3 Å². The van der Waals surface area contributed by atoms with Crippen LogP contribution in [0.3, 0.4) is 0 Å². The van der Waals surface area contributed by atoms with E-state index in [4.69, 9.17) is 11.6 Å². The molecule has 0 spiro atoms. The maximum atomic E-state index is 12.3. The molecule has 1 aliphatic rings. The fourth-order valence-electron chi connectivity index (χ4n) is 2.71. The van der Waals surface area contributed by atoms with Crippen molar-refractivity contribution in [2.45, 2.75) is 55.5 Å². The summed E-state index contributed by atoms with van der Waals surface area (Å²) in [6.45, 7) is 1.83. The molecule has 9 heteroatoms. The minimum absolute atomic E-state index is 0.145. The highest BCUT2D eigenvalue weighted by atomic mass is 35.5. The van der Waals surface area contributed by atoms with Crippen LogP contribution in [-0.2, 0) is 4.79 Å². The molecule has 3 rings (SSSR count). The number of rotatable bonds is 5. The fraction of sp³-hybridized carbons (Fsp3) is 0.533. The van der Waals surface area contributed by atoms with Gasteiger partial charge < -0.3 is 5.32 Å². The predicted octanol–water partition coefficient (Wildman–Crippen LogP) is 3.35. The van der Waals surface area contributed by atoms with Gasteiger partial charge in [-0.05, 0) is 42.3 Å². The van der Waals surface area contributed by atoms with Crippen LogP contribution in [0, 0.1) is 0 Å². The molecule has 1 saturated carbocycles. The number of nitrogens with zero attached hydrogens (tertiary/aromatic N) is 5. The quantitative estimate of drug-likeness (QED) is 0.817. The zero-order valence-corrected chi connectivity index (χ0v) is 14.9. The molecule has 0 saturated heterocycles. The second kappa shape index (κ2) is 7.94. The van der Waals surface area contributed by atoms with E-state index >= 15 is 0 Å². The lowest BCUT2D eigenvalue weighted by atomic mass is 9.96. The molecule has 1 fully saturated rings. The number of thioether (sulfide) groups is 1. The van der Waals surface area contributed by atoms with Crippen molar-refractivity contribution in [2.24, 2.45) is 0 Å². The van der Waals surface area contributed by atoms with E-state index in [0.29, 0.717) is 22.0 Å². The summed E-state index contributed by atoms with van der Waals surface area (Å²) in [6.07, 6.45) is 7.36. The molecule has 2 aromatic rings. The van der Waals surface area contributed by atoms with E-state index in [1.807, 2.05) is 11.6 Å². The van der Waals surface area contributed by atoms with Gasteiger partial charge in [0.2, 0.25) is 11.1 Å². The van der Waals surface area contributed by atoms with Crippen molar-refractivity contribution < 1.29 is 4.79 Å². The zero-order chi connectivity index (χ0) is 16.9. The minimum atomic E-state index is -0.337. The molecule has 2 aromatic heterocycles. The van der Waals surface area contributed by atoms with E-state index in [1.165, 1.54) is 37.2 Å². The van der Waals surface area contributed by atoms with Gasteiger partial charge >= 0.3 is 0 Å². The van der Waals surface area contributed by atoms with Gasteiger partial charge in [0.15, 0.2) is 0 Å². The summed E-state index contributed by atoms with van der Waals surface area (Å²) in [5, 5.41) is 15.6. The Bertz CT molecular complexity index is 686. The van der Waals surface area contributed by atoms with Crippen LogP contribution in [0.1, 0.15) is 45.1 Å². The number of aromatic nitrogens is 5. The summed E-state index contributed by atoms with van der Waals surface area (Å²) < 4.78 is 1.87. The second-order valence-electron chi connectivity index (χ2n) is 5.81. The molecule has 0 radical (unpaired) electrons. The smallest absolute Gasteiger partial charge is 0.238 e. The lowest BCUT2D eigenvalue weighted by molar-refractivity contribution is -0.115. The Morgan fingerprint density at radius 1 is 1.38 bits per heavy atom. The Labute approximate surface area is 149 Å². The molecular formula is C15H19ClN6OS. The van der Waals surface area contributed by atoms with E-state index < -0.39 is 0 Å². The summed E-state index contributed by atoms with van der Waals surface area (Å²) >= 11 is 7.15. The molecule has 0 unspecified atom stereocenters. The van der Waals surface area contributed by atoms with Crippen LogP contribution in [0.5, 0.6) is 0 Å². The maximum Gasteiger partial charge on any atom is 0.238 e. The van der Waals surface area contributed by atoms with Gasteiger partial charge in [-0.1, -0.05) is 42.6 Å².